The summed E-state index contributed by atoms with van der Waals surface area (Å²) in [7, 11) is 0. The molecule has 5 heteroatoms. The molecular formula is C25H26N2O3. The minimum Gasteiger partial charge on any atom is -0.478 e. The largest absolute Gasteiger partial charge is 0.478 e. The van der Waals surface area contributed by atoms with Gasteiger partial charge in [0.2, 0.25) is 0 Å². The predicted octanol–water partition coefficient (Wildman–Crippen LogP) is 4.73. The lowest BCUT2D eigenvalue weighted by Gasteiger charge is -2.24. The highest BCUT2D eigenvalue weighted by atomic mass is 16.4. The number of aromatic carboxylic acids is 1. The summed E-state index contributed by atoms with van der Waals surface area (Å²) in [6.45, 7) is 1.21. The van der Waals surface area contributed by atoms with Crippen LogP contribution >= 0.6 is 0 Å². The monoisotopic (exact) mass is 402 g/mol. The van der Waals surface area contributed by atoms with Gasteiger partial charge in [0.05, 0.1) is 29.9 Å². The Morgan fingerprint density at radius 3 is 2.63 bits per heavy atom. The summed E-state index contributed by atoms with van der Waals surface area (Å²) in [5.41, 5.74) is 5.84. The van der Waals surface area contributed by atoms with Crippen molar-refractivity contribution in [3.05, 3.63) is 59.2 Å². The Bertz CT molecular complexity index is 1140. The SMILES string of the molecule is O=C1CNCc2ccccc2-c2c(C3CCCCC3)c3ccc(C(=O)O)cc3n2C1. The second-order valence-electron chi connectivity index (χ2n) is 8.52. The van der Waals surface area contributed by atoms with Crippen molar-refractivity contribution in [1.29, 1.82) is 0 Å². The second-order valence-corrected chi connectivity index (χ2v) is 8.52. The smallest absolute Gasteiger partial charge is 0.335 e. The molecule has 3 aromatic rings. The van der Waals surface area contributed by atoms with E-state index in [-0.39, 0.29) is 17.9 Å². The highest BCUT2D eigenvalue weighted by Crippen LogP contribution is 2.45. The van der Waals surface area contributed by atoms with Gasteiger partial charge < -0.3 is 15.0 Å². The van der Waals surface area contributed by atoms with E-state index in [0.29, 0.717) is 19.0 Å². The van der Waals surface area contributed by atoms with Gasteiger partial charge in [-0.25, -0.2) is 4.79 Å². The van der Waals surface area contributed by atoms with Crippen LogP contribution in [-0.4, -0.2) is 28.0 Å². The van der Waals surface area contributed by atoms with Crippen molar-refractivity contribution in [1.82, 2.24) is 9.88 Å². The van der Waals surface area contributed by atoms with E-state index in [1.165, 1.54) is 30.4 Å². The first-order valence-electron chi connectivity index (χ1n) is 10.8. The minimum absolute atomic E-state index is 0.108. The minimum atomic E-state index is -0.942. The number of carbonyl (C=O) groups excluding carboxylic acids is 1. The molecule has 5 nitrogen and oxygen atoms in total. The number of aromatic nitrogens is 1. The number of nitrogens with zero attached hydrogens (tertiary/aromatic N) is 1. The summed E-state index contributed by atoms with van der Waals surface area (Å²) < 4.78 is 2.08. The molecule has 0 spiro atoms. The Balaban J connectivity index is 1.86. The Kier molecular flexibility index (Phi) is 4.91. The summed E-state index contributed by atoms with van der Waals surface area (Å²) in [5.74, 6) is -0.398. The number of carboxylic acid groups (broad SMARTS) is 1. The zero-order chi connectivity index (χ0) is 20.7. The van der Waals surface area contributed by atoms with Gasteiger partial charge in [-0.1, -0.05) is 49.6 Å². The number of hydrogen-bond acceptors (Lipinski definition) is 3. The van der Waals surface area contributed by atoms with Crippen molar-refractivity contribution in [2.75, 3.05) is 6.54 Å². The fourth-order valence-corrected chi connectivity index (χ4v) is 5.24. The van der Waals surface area contributed by atoms with Crippen molar-refractivity contribution < 1.29 is 14.7 Å². The topological polar surface area (TPSA) is 71.3 Å². The lowest BCUT2D eigenvalue weighted by atomic mass is 9.81. The Morgan fingerprint density at radius 2 is 1.83 bits per heavy atom. The molecule has 2 aliphatic rings. The van der Waals surface area contributed by atoms with Crippen LogP contribution in [0.15, 0.2) is 42.5 Å². The van der Waals surface area contributed by atoms with Gasteiger partial charge in [0.1, 0.15) is 0 Å². The van der Waals surface area contributed by atoms with Crippen LogP contribution in [0.5, 0.6) is 0 Å². The van der Waals surface area contributed by atoms with Crippen LogP contribution in [0.4, 0.5) is 0 Å². The second kappa shape index (κ2) is 7.73. The first-order chi connectivity index (χ1) is 14.6. The van der Waals surface area contributed by atoms with E-state index < -0.39 is 5.97 Å². The van der Waals surface area contributed by atoms with Gasteiger partial charge in [0.25, 0.3) is 0 Å². The van der Waals surface area contributed by atoms with Crippen molar-refractivity contribution in [3.8, 4) is 11.3 Å². The van der Waals surface area contributed by atoms with E-state index >= 15 is 0 Å². The molecule has 0 radical (unpaired) electrons. The lowest BCUT2D eigenvalue weighted by Crippen LogP contribution is -2.24. The molecule has 0 saturated heterocycles. The normalized spacial score (nSPS) is 17.7. The van der Waals surface area contributed by atoms with E-state index in [0.717, 1.165) is 35.0 Å². The molecule has 2 N–H and O–H groups in total. The van der Waals surface area contributed by atoms with Crippen LogP contribution < -0.4 is 5.32 Å². The van der Waals surface area contributed by atoms with Crippen LogP contribution in [0.2, 0.25) is 0 Å². The molecule has 1 saturated carbocycles. The van der Waals surface area contributed by atoms with E-state index in [9.17, 15) is 14.7 Å². The van der Waals surface area contributed by atoms with Crippen molar-refractivity contribution in [2.45, 2.75) is 51.1 Å². The van der Waals surface area contributed by atoms with E-state index in [1.807, 2.05) is 18.2 Å². The van der Waals surface area contributed by atoms with Gasteiger partial charge in [-0.2, -0.15) is 0 Å². The molecule has 0 atom stereocenters. The number of nitrogens with one attached hydrogen (secondary N) is 1. The first-order valence-corrected chi connectivity index (χ1v) is 10.8. The maximum Gasteiger partial charge on any atom is 0.335 e. The zero-order valence-corrected chi connectivity index (χ0v) is 17.0. The number of Topliss-reactive ketones (excluding diaryl/α,β-unsaturated/α-hetero) is 1. The van der Waals surface area contributed by atoms with Gasteiger partial charge >= 0.3 is 5.97 Å². The van der Waals surface area contributed by atoms with Gasteiger partial charge in [0, 0.05) is 17.5 Å². The quantitative estimate of drug-likeness (QED) is 0.650. The zero-order valence-electron chi connectivity index (χ0n) is 17.0. The number of benzene rings is 2. The Hall–Kier alpha value is -2.92. The third-order valence-corrected chi connectivity index (χ3v) is 6.61. The van der Waals surface area contributed by atoms with Gasteiger partial charge in [0.15, 0.2) is 5.78 Å². The van der Waals surface area contributed by atoms with E-state index in [4.69, 9.17) is 0 Å². The van der Waals surface area contributed by atoms with Crippen LogP contribution in [0.3, 0.4) is 0 Å². The first kappa shape index (κ1) is 19.1. The van der Waals surface area contributed by atoms with Crippen molar-refractivity contribution in [3.63, 3.8) is 0 Å². The number of carbonyl (C=O) groups is 2. The molecule has 2 aromatic carbocycles. The molecule has 1 aliphatic carbocycles. The molecule has 0 bridgehead atoms. The fourth-order valence-electron chi connectivity index (χ4n) is 5.24. The van der Waals surface area contributed by atoms with Gasteiger partial charge in [-0.3, -0.25) is 4.79 Å². The summed E-state index contributed by atoms with van der Waals surface area (Å²) in [6.07, 6.45) is 5.98. The highest BCUT2D eigenvalue weighted by Gasteiger charge is 2.29. The van der Waals surface area contributed by atoms with E-state index in [2.05, 4.69) is 22.0 Å². The summed E-state index contributed by atoms with van der Waals surface area (Å²) in [4.78, 5) is 24.4. The Morgan fingerprint density at radius 1 is 1.03 bits per heavy atom. The van der Waals surface area contributed by atoms with Gasteiger partial charge in [-0.15, -0.1) is 0 Å². The predicted molar refractivity (Wildman–Crippen MR) is 117 cm³/mol. The standard InChI is InChI=1S/C25H26N2O3/c28-19-14-26-13-18-8-4-5-9-20(18)24-23(16-6-2-1-3-7-16)21-11-10-17(25(29)30)12-22(21)27(24)15-19/h4-5,8-12,16,26H,1-3,6-7,13-15H2,(H,29,30). The maximum atomic E-state index is 12.8. The third kappa shape index (κ3) is 3.23. The van der Waals surface area contributed by atoms with Crippen LogP contribution in [0.1, 0.15) is 59.5 Å². The molecule has 30 heavy (non-hydrogen) atoms. The molecule has 1 aliphatic heterocycles. The molecule has 0 unspecified atom stereocenters. The Labute approximate surface area is 175 Å². The summed E-state index contributed by atoms with van der Waals surface area (Å²) >= 11 is 0. The molecule has 1 fully saturated rings. The molecular weight excluding hydrogens is 376 g/mol. The molecule has 1 aromatic heterocycles. The molecule has 154 valence electrons. The summed E-state index contributed by atoms with van der Waals surface area (Å²) in [5, 5.41) is 13.9. The number of ketones is 1. The van der Waals surface area contributed by atoms with Crippen LogP contribution in [-0.2, 0) is 17.9 Å². The lowest BCUT2D eigenvalue weighted by molar-refractivity contribution is -0.118. The maximum absolute atomic E-state index is 12.8. The average Bonchev–Trinajstić information content (AvgIpc) is 3.10. The van der Waals surface area contributed by atoms with Crippen LogP contribution in [0, 0.1) is 0 Å². The highest BCUT2D eigenvalue weighted by molar-refractivity contribution is 5.99. The fraction of sp³-hybridized carbons (Fsp3) is 0.360. The molecule has 0 amide bonds. The van der Waals surface area contributed by atoms with Gasteiger partial charge in [-0.05, 0) is 42.0 Å². The number of hydrogen-bond donors (Lipinski definition) is 2. The van der Waals surface area contributed by atoms with Crippen LogP contribution in [0.25, 0.3) is 22.2 Å². The number of rotatable bonds is 2. The summed E-state index contributed by atoms with van der Waals surface area (Å²) in [6, 6.07) is 13.8. The number of fused-ring (bicyclic) bond motifs is 5. The van der Waals surface area contributed by atoms with Crippen molar-refractivity contribution >= 4 is 22.7 Å². The average molecular weight is 402 g/mol. The third-order valence-electron chi connectivity index (χ3n) is 6.61. The molecule has 2 heterocycles. The molecule has 5 rings (SSSR count). The van der Waals surface area contributed by atoms with E-state index in [1.54, 1.807) is 12.1 Å². The number of carboxylic acids is 1. The van der Waals surface area contributed by atoms with Crippen molar-refractivity contribution in [2.24, 2.45) is 0 Å².